The molecule has 1 aromatic heterocycles. The minimum Gasteiger partial charge on any atom is -0.395 e. The average Bonchev–Trinajstić information content (AvgIpc) is 3.10. The zero-order chi connectivity index (χ0) is 17.3. The molecular formula is C17H20F3N3O. The molecule has 0 aliphatic heterocycles. The van der Waals surface area contributed by atoms with Gasteiger partial charge in [-0.2, -0.15) is 18.3 Å². The SMILES string of the molecule is Cn1ncc(CN(CCO)C2CCc3ccccc32)c1C(F)(F)F. The molecule has 1 aliphatic rings. The molecule has 1 unspecified atom stereocenters. The molecule has 7 heteroatoms. The fraction of sp³-hybridized carbons (Fsp3) is 0.471. The fourth-order valence-electron chi connectivity index (χ4n) is 3.57. The second-order valence-corrected chi connectivity index (χ2v) is 6.09. The molecule has 0 spiro atoms. The molecule has 1 atom stereocenters. The van der Waals surface area contributed by atoms with Crippen LogP contribution in [0, 0.1) is 0 Å². The van der Waals surface area contributed by atoms with Crippen LogP contribution < -0.4 is 0 Å². The predicted molar refractivity (Wildman–Crippen MR) is 83.2 cm³/mol. The lowest BCUT2D eigenvalue weighted by Gasteiger charge is -2.29. The van der Waals surface area contributed by atoms with E-state index in [1.807, 2.05) is 23.1 Å². The Morgan fingerprint density at radius 1 is 1.33 bits per heavy atom. The number of alkyl halides is 3. The van der Waals surface area contributed by atoms with Gasteiger partial charge in [0.05, 0.1) is 12.8 Å². The van der Waals surface area contributed by atoms with Gasteiger partial charge in [0.2, 0.25) is 0 Å². The molecule has 1 N–H and O–H groups in total. The van der Waals surface area contributed by atoms with Crippen LogP contribution in [0.2, 0.25) is 0 Å². The van der Waals surface area contributed by atoms with E-state index in [1.54, 1.807) is 0 Å². The predicted octanol–water partition coefficient (Wildman–Crippen LogP) is 2.92. The van der Waals surface area contributed by atoms with Crippen molar-refractivity contribution in [1.29, 1.82) is 0 Å². The van der Waals surface area contributed by atoms with Crippen molar-refractivity contribution in [2.45, 2.75) is 31.6 Å². The van der Waals surface area contributed by atoms with Crippen molar-refractivity contribution in [2.75, 3.05) is 13.2 Å². The molecule has 1 aromatic carbocycles. The first-order valence-electron chi connectivity index (χ1n) is 7.92. The number of aryl methyl sites for hydroxylation is 2. The van der Waals surface area contributed by atoms with Gasteiger partial charge in [-0.1, -0.05) is 24.3 Å². The van der Waals surface area contributed by atoms with Crippen molar-refractivity contribution in [3.8, 4) is 0 Å². The summed E-state index contributed by atoms with van der Waals surface area (Å²) in [5.41, 5.74) is 1.79. The zero-order valence-corrected chi connectivity index (χ0v) is 13.4. The second kappa shape index (κ2) is 6.57. The molecule has 0 radical (unpaired) electrons. The van der Waals surface area contributed by atoms with Gasteiger partial charge in [0.15, 0.2) is 0 Å². The number of hydrogen-bond donors (Lipinski definition) is 1. The van der Waals surface area contributed by atoms with Crippen molar-refractivity contribution in [3.05, 3.63) is 52.8 Å². The third-order valence-corrected chi connectivity index (χ3v) is 4.59. The van der Waals surface area contributed by atoms with Crippen LogP contribution in [0.3, 0.4) is 0 Å². The first-order chi connectivity index (χ1) is 11.4. The summed E-state index contributed by atoms with van der Waals surface area (Å²) in [5.74, 6) is 0. The summed E-state index contributed by atoms with van der Waals surface area (Å²) >= 11 is 0. The van der Waals surface area contributed by atoms with Gasteiger partial charge in [-0.3, -0.25) is 9.58 Å². The second-order valence-electron chi connectivity index (χ2n) is 6.09. The van der Waals surface area contributed by atoms with Crippen LogP contribution in [0.4, 0.5) is 13.2 Å². The number of aromatic nitrogens is 2. The van der Waals surface area contributed by atoms with E-state index >= 15 is 0 Å². The van der Waals surface area contributed by atoms with E-state index in [-0.39, 0.29) is 24.8 Å². The molecule has 4 nitrogen and oxygen atoms in total. The van der Waals surface area contributed by atoms with Crippen LogP contribution in [0.1, 0.15) is 34.8 Å². The minimum absolute atomic E-state index is 0.0228. The Bertz CT molecular complexity index is 711. The van der Waals surface area contributed by atoms with Gasteiger partial charge in [-0.25, -0.2) is 0 Å². The molecule has 0 saturated heterocycles. The lowest BCUT2D eigenvalue weighted by molar-refractivity contribution is -0.144. The Labute approximate surface area is 138 Å². The maximum absolute atomic E-state index is 13.3. The van der Waals surface area contributed by atoms with E-state index in [9.17, 15) is 18.3 Å². The van der Waals surface area contributed by atoms with Gasteiger partial charge in [-0.05, 0) is 24.0 Å². The third-order valence-electron chi connectivity index (χ3n) is 4.59. The number of hydrogen-bond acceptors (Lipinski definition) is 3. The molecule has 1 heterocycles. The lowest BCUT2D eigenvalue weighted by Crippen LogP contribution is -2.31. The van der Waals surface area contributed by atoms with Crippen molar-refractivity contribution in [1.82, 2.24) is 14.7 Å². The van der Waals surface area contributed by atoms with Crippen molar-refractivity contribution in [3.63, 3.8) is 0 Å². The van der Waals surface area contributed by atoms with Crippen LogP contribution in [0.5, 0.6) is 0 Å². The summed E-state index contributed by atoms with van der Waals surface area (Å²) < 4.78 is 40.7. The Morgan fingerprint density at radius 3 is 2.79 bits per heavy atom. The highest BCUT2D eigenvalue weighted by molar-refractivity contribution is 5.34. The Balaban J connectivity index is 1.89. The highest BCUT2D eigenvalue weighted by Crippen LogP contribution is 2.38. The van der Waals surface area contributed by atoms with Crippen molar-refractivity contribution >= 4 is 0 Å². The molecule has 2 aromatic rings. The number of nitrogens with zero attached hydrogens (tertiary/aromatic N) is 3. The quantitative estimate of drug-likeness (QED) is 0.911. The largest absolute Gasteiger partial charge is 0.433 e. The minimum atomic E-state index is -4.45. The van der Waals surface area contributed by atoms with Crippen LogP contribution >= 0.6 is 0 Å². The number of halogens is 3. The average molecular weight is 339 g/mol. The van der Waals surface area contributed by atoms with E-state index in [2.05, 4.69) is 11.2 Å². The molecule has 0 bridgehead atoms. The van der Waals surface area contributed by atoms with Crippen LogP contribution in [0.15, 0.2) is 30.5 Å². The van der Waals surface area contributed by atoms with Gasteiger partial charge < -0.3 is 5.11 Å². The fourth-order valence-corrected chi connectivity index (χ4v) is 3.57. The van der Waals surface area contributed by atoms with Gasteiger partial charge in [0.1, 0.15) is 5.69 Å². The van der Waals surface area contributed by atoms with Gasteiger partial charge in [0, 0.05) is 31.7 Å². The number of benzene rings is 1. The van der Waals surface area contributed by atoms with Gasteiger partial charge in [-0.15, -0.1) is 0 Å². The summed E-state index contributed by atoms with van der Waals surface area (Å²) in [6.07, 6.45) is -1.42. The highest BCUT2D eigenvalue weighted by atomic mass is 19.4. The molecule has 0 saturated carbocycles. The lowest BCUT2D eigenvalue weighted by atomic mass is 10.1. The van der Waals surface area contributed by atoms with E-state index < -0.39 is 11.9 Å². The molecule has 1 aliphatic carbocycles. The Hall–Kier alpha value is -1.86. The topological polar surface area (TPSA) is 41.3 Å². The zero-order valence-electron chi connectivity index (χ0n) is 13.4. The van der Waals surface area contributed by atoms with Gasteiger partial charge in [0.25, 0.3) is 0 Å². The van der Waals surface area contributed by atoms with Crippen LogP contribution in [0.25, 0.3) is 0 Å². The maximum Gasteiger partial charge on any atom is 0.433 e. The summed E-state index contributed by atoms with van der Waals surface area (Å²) in [7, 11) is 1.30. The monoisotopic (exact) mass is 339 g/mol. The van der Waals surface area contributed by atoms with Crippen LogP contribution in [-0.4, -0.2) is 32.9 Å². The van der Waals surface area contributed by atoms with E-state index in [1.165, 1.54) is 18.8 Å². The standard InChI is InChI=1S/C17H20F3N3O/c1-22-16(17(18,19)20)13(10-21-22)11-23(8-9-24)15-7-6-12-4-2-3-5-14(12)15/h2-5,10,15,24H,6-9,11H2,1H3. The Morgan fingerprint density at radius 2 is 2.08 bits per heavy atom. The number of aliphatic hydroxyl groups is 1. The molecule has 130 valence electrons. The summed E-state index contributed by atoms with van der Waals surface area (Å²) in [5, 5.41) is 13.1. The first kappa shape index (κ1) is 17.0. The van der Waals surface area contributed by atoms with Gasteiger partial charge >= 0.3 is 6.18 Å². The number of rotatable bonds is 5. The summed E-state index contributed by atoms with van der Waals surface area (Å²) in [6, 6.07) is 8.01. The van der Waals surface area contributed by atoms with Crippen molar-refractivity contribution in [2.24, 2.45) is 7.05 Å². The summed E-state index contributed by atoms with van der Waals surface area (Å²) in [6.45, 7) is 0.341. The highest BCUT2D eigenvalue weighted by Gasteiger charge is 2.38. The molecule has 3 rings (SSSR count). The first-order valence-corrected chi connectivity index (χ1v) is 7.92. The number of fused-ring (bicyclic) bond motifs is 1. The third kappa shape index (κ3) is 3.18. The molecule has 0 amide bonds. The van der Waals surface area contributed by atoms with Crippen molar-refractivity contribution < 1.29 is 18.3 Å². The Kier molecular flexibility index (Phi) is 4.64. The van der Waals surface area contributed by atoms with E-state index in [0.717, 1.165) is 23.1 Å². The summed E-state index contributed by atoms with van der Waals surface area (Å²) in [4.78, 5) is 1.91. The molecule has 0 fully saturated rings. The van der Waals surface area contributed by atoms with E-state index in [4.69, 9.17) is 0 Å². The molecular weight excluding hydrogens is 319 g/mol. The van der Waals surface area contributed by atoms with E-state index in [0.29, 0.717) is 6.54 Å². The maximum atomic E-state index is 13.3. The smallest absolute Gasteiger partial charge is 0.395 e. The normalized spacial score (nSPS) is 17.5. The number of aliphatic hydroxyl groups excluding tert-OH is 1. The molecule has 24 heavy (non-hydrogen) atoms. The van der Waals surface area contributed by atoms with Crippen LogP contribution in [-0.2, 0) is 26.2 Å².